The Labute approximate surface area is 79.7 Å². The second kappa shape index (κ2) is 5.94. The minimum absolute atomic E-state index is 0.168. The molecule has 76 valence electrons. The van der Waals surface area contributed by atoms with Crippen molar-refractivity contribution in [1.82, 2.24) is 15.5 Å². The number of hydrogen-bond acceptors (Lipinski definition) is 3. The van der Waals surface area contributed by atoms with Gasteiger partial charge in [0, 0.05) is 45.7 Å². The Morgan fingerprint density at radius 3 is 2.77 bits per heavy atom. The van der Waals surface area contributed by atoms with E-state index in [2.05, 4.69) is 15.5 Å². The summed E-state index contributed by atoms with van der Waals surface area (Å²) in [5.41, 5.74) is 0. The zero-order chi connectivity index (χ0) is 9.52. The number of piperazine rings is 1. The molecule has 1 aliphatic heterocycles. The van der Waals surface area contributed by atoms with Gasteiger partial charge in [-0.2, -0.15) is 0 Å². The molecule has 0 aromatic carbocycles. The molecule has 1 rings (SSSR count). The smallest absolute Gasteiger partial charge is 0.221 e. The summed E-state index contributed by atoms with van der Waals surface area (Å²) in [5, 5.41) is 6.09. The molecule has 0 radical (unpaired) electrons. The third kappa shape index (κ3) is 4.24. The van der Waals surface area contributed by atoms with Gasteiger partial charge in [0.05, 0.1) is 0 Å². The van der Waals surface area contributed by atoms with Crippen LogP contribution in [0.3, 0.4) is 0 Å². The average Bonchev–Trinajstić information content (AvgIpc) is 2.17. The maximum absolute atomic E-state index is 11.1. The van der Waals surface area contributed by atoms with Gasteiger partial charge < -0.3 is 15.5 Å². The lowest BCUT2D eigenvalue weighted by Crippen LogP contribution is -2.44. The SMILES string of the molecule is CCNC(=O)CCN1CCNCC1. The molecule has 0 bridgehead atoms. The molecule has 2 N–H and O–H groups in total. The first-order valence-electron chi connectivity index (χ1n) is 5.02. The minimum Gasteiger partial charge on any atom is -0.356 e. The largest absolute Gasteiger partial charge is 0.356 e. The predicted octanol–water partition coefficient (Wildman–Crippen LogP) is -0.582. The van der Waals surface area contributed by atoms with E-state index in [0.29, 0.717) is 6.42 Å². The average molecular weight is 185 g/mol. The highest BCUT2D eigenvalue weighted by molar-refractivity contribution is 5.75. The third-order valence-electron chi connectivity index (χ3n) is 2.24. The van der Waals surface area contributed by atoms with Crippen LogP contribution in [0, 0.1) is 0 Å². The summed E-state index contributed by atoms with van der Waals surface area (Å²) in [6.45, 7) is 7.82. The molecule has 0 saturated carbocycles. The van der Waals surface area contributed by atoms with Gasteiger partial charge in [-0.15, -0.1) is 0 Å². The molecule has 4 heteroatoms. The summed E-state index contributed by atoms with van der Waals surface area (Å²) in [6.07, 6.45) is 0.633. The van der Waals surface area contributed by atoms with E-state index in [1.54, 1.807) is 0 Å². The number of carbonyl (C=O) groups is 1. The summed E-state index contributed by atoms with van der Waals surface area (Å²) in [4.78, 5) is 13.5. The molecule has 1 amide bonds. The number of nitrogens with zero attached hydrogens (tertiary/aromatic N) is 1. The zero-order valence-corrected chi connectivity index (χ0v) is 8.31. The van der Waals surface area contributed by atoms with Crippen molar-refractivity contribution in [3.05, 3.63) is 0 Å². The molecular weight excluding hydrogens is 166 g/mol. The number of nitrogens with one attached hydrogen (secondary N) is 2. The summed E-state index contributed by atoms with van der Waals surface area (Å²) in [5.74, 6) is 0.168. The second-order valence-corrected chi connectivity index (χ2v) is 3.30. The van der Waals surface area contributed by atoms with Gasteiger partial charge in [-0.3, -0.25) is 4.79 Å². The fourth-order valence-electron chi connectivity index (χ4n) is 1.48. The summed E-state index contributed by atoms with van der Waals surface area (Å²) in [7, 11) is 0. The van der Waals surface area contributed by atoms with Crippen LogP contribution in [0.25, 0.3) is 0 Å². The van der Waals surface area contributed by atoms with Crippen LogP contribution in [0.4, 0.5) is 0 Å². The van der Waals surface area contributed by atoms with E-state index in [9.17, 15) is 4.79 Å². The molecule has 1 fully saturated rings. The fourth-order valence-corrected chi connectivity index (χ4v) is 1.48. The Hall–Kier alpha value is -0.610. The van der Waals surface area contributed by atoms with Crippen molar-refractivity contribution in [1.29, 1.82) is 0 Å². The van der Waals surface area contributed by atoms with Crippen LogP contribution in [0.5, 0.6) is 0 Å². The van der Waals surface area contributed by atoms with Crippen LogP contribution in [-0.4, -0.2) is 50.1 Å². The Kier molecular flexibility index (Phi) is 4.78. The van der Waals surface area contributed by atoms with E-state index >= 15 is 0 Å². The van der Waals surface area contributed by atoms with Crippen LogP contribution >= 0.6 is 0 Å². The summed E-state index contributed by atoms with van der Waals surface area (Å²) in [6, 6.07) is 0. The Morgan fingerprint density at radius 1 is 1.46 bits per heavy atom. The standard InChI is InChI=1S/C9H19N3O/c1-2-11-9(13)3-6-12-7-4-10-5-8-12/h10H,2-8H2,1H3,(H,11,13). The van der Waals surface area contributed by atoms with Gasteiger partial charge in [0.1, 0.15) is 0 Å². The van der Waals surface area contributed by atoms with Gasteiger partial charge in [-0.25, -0.2) is 0 Å². The Morgan fingerprint density at radius 2 is 2.15 bits per heavy atom. The van der Waals surface area contributed by atoms with Crippen molar-refractivity contribution in [2.24, 2.45) is 0 Å². The molecule has 1 aliphatic rings. The molecule has 0 spiro atoms. The van der Waals surface area contributed by atoms with Crippen molar-refractivity contribution >= 4 is 5.91 Å². The van der Waals surface area contributed by atoms with E-state index in [1.807, 2.05) is 6.92 Å². The molecular formula is C9H19N3O. The molecule has 0 atom stereocenters. The van der Waals surface area contributed by atoms with Crippen LogP contribution in [0.1, 0.15) is 13.3 Å². The Bertz CT molecular complexity index is 155. The quantitative estimate of drug-likeness (QED) is 0.616. The number of hydrogen-bond donors (Lipinski definition) is 2. The minimum atomic E-state index is 0.168. The Balaban J connectivity index is 2.06. The van der Waals surface area contributed by atoms with Crippen LogP contribution in [0.15, 0.2) is 0 Å². The normalized spacial score (nSPS) is 18.5. The molecule has 0 aromatic rings. The van der Waals surface area contributed by atoms with E-state index in [0.717, 1.165) is 39.3 Å². The first-order valence-corrected chi connectivity index (χ1v) is 5.02. The van der Waals surface area contributed by atoms with Crippen LogP contribution in [0.2, 0.25) is 0 Å². The molecule has 0 aliphatic carbocycles. The topological polar surface area (TPSA) is 44.4 Å². The summed E-state index contributed by atoms with van der Waals surface area (Å²) < 4.78 is 0. The molecule has 0 aromatic heterocycles. The van der Waals surface area contributed by atoms with Crippen molar-refractivity contribution in [3.8, 4) is 0 Å². The highest BCUT2D eigenvalue weighted by Crippen LogP contribution is 1.93. The first kappa shape index (κ1) is 10.5. The van der Waals surface area contributed by atoms with Crippen molar-refractivity contribution < 1.29 is 4.79 Å². The van der Waals surface area contributed by atoms with Gasteiger partial charge >= 0.3 is 0 Å². The predicted molar refractivity (Wildman–Crippen MR) is 52.6 cm³/mol. The maximum atomic E-state index is 11.1. The lowest BCUT2D eigenvalue weighted by molar-refractivity contribution is -0.121. The van der Waals surface area contributed by atoms with E-state index < -0.39 is 0 Å². The van der Waals surface area contributed by atoms with E-state index in [-0.39, 0.29) is 5.91 Å². The lowest BCUT2D eigenvalue weighted by atomic mass is 10.3. The van der Waals surface area contributed by atoms with Crippen LogP contribution < -0.4 is 10.6 Å². The molecule has 1 heterocycles. The van der Waals surface area contributed by atoms with E-state index in [1.165, 1.54) is 0 Å². The van der Waals surface area contributed by atoms with E-state index in [4.69, 9.17) is 0 Å². The van der Waals surface area contributed by atoms with Crippen molar-refractivity contribution in [2.75, 3.05) is 39.3 Å². The molecule has 0 unspecified atom stereocenters. The van der Waals surface area contributed by atoms with Gasteiger partial charge in [0.15, 0.2) is 0 Å². The second-order valence-electron chi connectivity index (χ2n) is 3.30. The van der Waals surface area contributed by atoms with Gasteiger partial charge in [0.2, 0.25) is 5.91 Å². The molecule has 13 heavy (non-hydrogen) atoms. The van der Waals surface area contributed by atoms with Gasteiger partial charge in [-0.05, 0) is 6.92 Å². The fraction of sp³-hybridized carbons (Fsp3) is 0.889. The van der Waals surface area contributed by atoms with Crippen molar-refractivity contribution in [3.63, 3.8) is 0 Å². The molecule has 1 saturated heterocycles. The summed E-state index contributed by atoms with van der Waals surface area (Å²) >= 11 is 0. The third-order valence-corrected chi connectivity index (χ3v) is 2.24. The number of amides is 1. The monoisotopic (exact) mass is 185 g/mol. The lowest BCUT2D eigenvalue weighted by Gasteiger charge is -2.26. The highest BCUT2D eigenvalue weighted by Gasteiger charge is 2.10. The van der Waals surface area contributed by atoms with Gasteiger partial charge in [-0.1, -0.05) is 0 Å². The zero-order valence-electron chi connectivity index (χ0n) is 8.31. The van der Waals surface area contributed by atoms with Crippen LogP contribution in [-0.2, 0) is 4.79 Å². The first-order chi connectivity index (χ1) is 6.33. The number of carbonyl (C=O) groups excluding carboxylic acids is 1. The molecule has 4 nitrogen and oxygen atoms in total. The van der Waals surface area contributed by atoms with Crippen molar-refractivity contribution in [2.45, 2.75) is 13.3 Å². The highest BCUT2D eigenvalue weighted by atomic mass is 16.1. The van der Waals surface area contributed by atoms with Gasteiger partial charge in [0.25, 0.3) is 0 Å². The number of rotatable bonds is 4. The maximum Gasteiger partial charge on any atom is 0.221 e.